The number of hydrogen-bond donors (Lipinski definition) is 2. The molecular formula is C25H50N2O6. The monoisotopic (exact) mass is 474 g/mol. The second kappa shape index (κ2) is 26.3. The Balaban J connectivity index is 0. The maximum atomic E-state index is 11.5. The molecule has 33 heavy (non-hydrogen) atoms. The van der Waals surface area contributed by atoms with Crippen LogP contribution in [0.15, 0.2) is 0 Å². The fourth-order valence-electron chi connectivity index (χ4n) is 2.86. The number of alkyl carbamates (subject to hydrolysis) is 1. The molecular weight excluding hydrogens is 424 g/mol. The molecule has 2 N–H and O–H groups in total. The van der Waals surface area contributed by atoms with Gasteiger partial charge in [0.25, 0.3) is 0 Å². The number of amides is 3. The molecule has 0 heterocycles. The lowest BCUT2D eigenvalue weighted by atomic mass is 10.2. The largest absolute Gasteiger partial charge is 0.465 e. The Bertz CT molecular complexity index is 474. The van der Waals surface area contributed by atoms with E-state index in [0.29, 0.717) is 19.6 Å². The summed E-state index contributed by atoms with van der Waals surface area (Å²) in [6.45, 7) is 10.3. The van der Waals surface area contributed by atoms with Crippen molar-refractivity contribution in [2.24, 2.45) is 0 Å². The minimum absolute atomic E-state index is 0.224. The molecule has 0 radical (unpaired) electrons. The van der Waals surface area contributed by atoms with Crippen LogP contribution in [0.2, 0.25) is 0 Å². The predicted octanol–water partition coefficient (Wildman–Crippen LogP) is 7.36. The smallest absolute Gasteiger partial charge is 0.419 e. The molecule has 0 saturated carbocycles. The van der Waals surface area contributed by atoms with Gasteiger partial charge in [0.05, 0.1) is 13.2 Å². The molecule has 196 valence electrons. The number of unbranched alkanes of at least 4 members (excludes halogenated alkanes) is 10. The van der Waals surface area contributed by atoms with E-state index in [1.54, 1.807) is 0 Å². The van der Waals surface area contributed by atoms with Crippen molar-refractivity contribution in [2.75, 3.05) is 26.3 Å². The van der Waals surface area contributed by atoms with Crippen LogP contribution in [0.25, 0.3) is 0 Å². The number of carboxylic acid groups (broad SMARTS) is 1. The van der Waals surface area contributed by atoms with Crippen LogP contribution < -0.4 is 5.32 Å². The first-order valence-electron chi connectivity index (χ1n) is 13.0. The van der Waals surface area contributed by atoms with Crippen LogP contribution in [0.4, 0.5) is 14.4 Å². The highest BCUT2D eigenvalue weighted by molar-refractivity contribution is 5.86. The highest BCUT2D eigenvalue weighted by Crippen LogP contribution is 2.05. The van der Waals surface area contributed by atoms with E-state index in [1.165, 1.54) is 19.3 Å². The molecule has 8 nitrogen and oxygen atoms in total. The maximum Gasteiger partial charge on any atom is 0.419 e. The number of imide groups is 1. The molecule has 0 aromatic rings. The van der Waals surface area contributed by atoms with E-state index in [1.807, 2.05) is 0 Å². The summed E-state index contributed by atoms with van der Waals surface area (Å²) >= 11 is 0. The van der Waals surface area contributed by atoms with Gasteiger partial charge in [0.15, 0.2) is 0 Å². The standard InChI is InChI=1S/C13H25NO4.C12H25NO2/c1-3-5-7-8-10-14(12(15)16)13(17)18-11-9-6-4-2;1-3-5-7-8-10-13-12(14)15-11-9-6-4-2/h3-11H2,1-2H3,(H,15,16);3-11H2,1-2H3,(H,13,14). The van der Waals surface area contributed by atoms with Crippen LogP contribution in [0.5, 0.6) is 0 Å². The van der Waals surface area contributed by atoms with Gasteiger partial charge in [-0.1, -0.05) is 91.9 Å². The number of carbonyl (C=O) groups excluding carboxylic acids is 2. The Morgan fingerprint density at radius 3 is 1.67 bits per heavy atom. The molecule has 0 fully saturated rings. The van der Waals surface area contributed by atoms with Gasteiger partial charge in [0.1, 0.15) is 0 Å². The Kier molecular flexibility index (Phi) is 26.4. The third-order valence-electron chi connectivity index (χ3n) is 4.94. The average molecular weight is 475 g/mol. The molecule has 3 amide bonds. The zero-order chi connectivity index (χ0) is 25.2. The molecule has 0 spiro atoms. The van der Waals surface area contributed by atoms with Crippen molar-refractivity contribution >= 4 is 18.3 Å². The molecule has 0 unspecified atom stereocenters. The van der Waals surface area contributed by atoms with Crippen molar-refractivity contribution in [1.29, 1.82) is 0 Å². The van der Waals surface area contributed by atoms with Crippen LogP contribution in [-0.2, 0) is 9.47 Å². The van der Waals surface area contributed by atoms with E-state index in [-0.39, 0.29) is 12.6 Å². The van der Waals surface area contributed by atoms with Crippen molar-refractivity contribution < 1.29 is 29.0 Å². The first-order valence-corrected chi connectivity index (χ1v) is 13.0. The molecule has 0 aliphatic carbocycles. The highest BCUT2D eigenvalue weighted by atomic mass is 16.6. The van der Waals surface area contributed by atoms with Gasteiger partial charge in [-0.05, 0) is 25.7 Å². The van der Waals surface area contributed by atoms with Gasteiger partial charge in [-0.25, -0.2) is 19.3 Å². The van der Waals surface area contributed by atoms with Crippen LogP contribution in [0.1, 0.15) is 118 Å². The van der Waals surface area contributed by atoms with Crippen molar-refractivity contribution in [3.05, 3.63) is 0 Å². The number of nitrogens with zero attached hydrogens (tertiary/aromatic N) is 1. The quantitative estimate of drug-likeness (QED) is 0.201. The molecule has 0 rings (SSSR count). The molecule has 0 bridgehead atoms. The van der Waals surface area contributed by atoms with Crippen molar-refractivity contribution in [3.63, 3.8) is 0 Å². The summed E-state index contributed by atoms with van der Waals surface area (Å²) in [5, 5.41) is 11.7. The van der Waals surface area contributed by atoms with Crippen LogP contribution in [0, 0.1) is 0 Å². The topological polar surface area (TPSA) is 105 Å². The molecule has 0 atom stereocenters. The summed E-state index contributed by atoms with van der Waals surface area (Å²) in [5.41, 5.74) is 0. The van der Waals surface area contributed by atoms with E-state index >= 15 is 0 Å². The second-order valence-electron chi connectivity index (χ2n) is 8.15. The van der Waals surface area contributed by atoms with Crippen molar-refractivity contribution in [1.82, 2.24) is 10.2 Å². The van der Waals surface area contributed by atoms with Crippen molar-refractivity contribution in [2.45, 2.75) is 118 Å². The zero-order valence-corrected chi connectivity index (χ0v) is 21.7. The van der Waals surface area contributed by atoms with E-state index in [4.69, 9.17) is 14.6 Å². The lowest BCUT2D eigenvalue weighted by molar-refractivity contribution is 0.0925. The number of carbonyl (C=O) groups is 3. The second-order valence-corrected chi connectivity index (χ2v) is 8.15. The lowest BCUT2D eigenvalue weighted by Gasteiger charge is -2.16. The third-order valence-corrected chi connectivity index (χ3v) is 4.94. The Hall–Kier alpha value is -1.99. The first-order chi connectivity index (χ1) is 15.9. The summed E-state index contributed by atoms with van der Waals surface area (Å²) < 4.78 is 9.93. The van der Waals surface area contributed by atoms with Crippen LogP contribution in [0.3, 0.4) is 0 Å². The van der Waals surface area contributed by atoms with Gasteiger partial charge in [0.2, 0.25) is 0 Å². The van der Waals surface area contributed by atoms with Gasteiger partial charge >= 0.3 is 18.3 Å². The van der Waals surface area contributed by atoms with E-state index in [9.17, 15) is 14.4 Å². The summed E-state index contributed by atoms with van der Waals surface area (Å²) in [6, 6.07) is 0. The summed E-state index contributed by atoms with van der Waals surface area (Å²) in [6.07, 6.45) is 12.3. The van der Waals surface area contributed by atoms with Crippen LogP contribution >= 0.6 is 0 Å². The van der Waals surface area contributed by atoms with Gasteiger partial charge in [-0.2, -0.15) is 0 Å². The molecule has 0 aliphatic rings. The maximum absolute atomic E-state index is 11.5. The molecule has 0 aromatic carbocycles. The molecule has 8 heteroatoms. The fraction of sp³-hybridized carbons (Fsp3) is 0.880. The SMILES string of the molecule is CCCCCCN(C(=O)O)C(=O)OCCCCC.CCCCCCNC(=O)OCCCCC. The highest BCUT2D eigenvalue weighted by Gasteiger charge is 2.21. The normalized spacial score (nSPS) is 10.1. The molecule has 0 aromatic heterocycles. The average Bonchev–Trinajstić information content (AvgIpc) is 2.79. The fourth-order valence-corrected chi connectivity index (χ4v) is 2.86. The third kappa shape index (κ3) is 24.5. The Morgan fingerprint density at radius 2 is 1.15 bits per heavy atom. The lowest BCUT2D eigenvalue weighted by Crippen LogP contribution is -2.37. The molecule has 0 aliphatic heterocycles. The minimum Gasteiger partial charge on any atom is -0.465 e. The van der Waals surface area contributed by atoms with Crippen LogP contribution in [-0.4, -0.2) is 54.6 Å². The summed E-state index contributed by atoms with van der Waals surface area (Å²) in [5.74, 6) is 0. The number of nitrogens with one attached hydrogen (secondary N) is 1. The zero-order valence-electron chi connectivity index (χ0n) is 21.7. The van der Waals surface area contributed by atoms with Gasteiger partial charge < -0.3 is 19.9 Å². The molecule has 0 saturated heterocycles. The number of ether oxygens (including phenoxy) is 2. The Labute approximate surface area is 201 Å². The number of hydrogen-bond acceptors (Lipinski definition) is 5. The number of rotatable bonds is 18. The first kappa shape index (κ1) is 33.2. The van der Waals surface area contributed by atoms with Gasteiger partial charge in [0, 0.05) is 13.1 Å². The van der Waals surface area contributed by atoms with Gasteiger partial charge in [-0.3, -0.25) is 0 Å². The van der Waals surface area contributed by atoms with E-state index in [2.05, 4.69) is 33.0 Å². The summed E-state index contributed by atoms with van der Waals surface area (Å²) in [4.78, 5) is 34.3. The Morgan fingerprint density at radius 1 is 0.667 bits per heavy atom. The van der Waals surface area contributed by atoms with E-state index in [0.717, 1.165) is 75.7 Å². The minimum atomic E-state index is -1.23. The van der Waals surface area contributed by atoms with Crippen molar-refractivity contribution in [3.8, 4) is 0 Å². The summed E-state index contributed by atoms with van der Waals surface area (Å²) in [7, 11) is 0. The predicted molar refractivity (Wildman–Crippen MR) is 133 cm³/mol. The van der Waals surface area contributed by atoms with E-state index < -0.39 is 12.2 Å². The van der Waals surface area contributed by atoms with Gasteiger partial charge in [-0.15, -0.1) is 0 Å².